The highest BCUT2D eigenvalue weighted by atomic mass is 16.5. The predicted octanol–water partition coefficient (Wildman–Crippen LogP) is 4.21. The zero-order valence-corrected chi connectivity index (χ0v) is 13.5. The van der Waals surface area contributed by atoms with Crippen LogP contribution in [0, 0.1) is 0 Å². The summed E-state index contributed by atoms with van der Waals surface area (Å²) in [6, 6.07) is 14.4. The van der Waals surface area contributed by atoms with Gasteiger partial charge in [-0.2, -0.15) is 0 Å². The monoisotopic (exact) mass is 311 g/mol. The number of aryl methyl sites for hydroxylation is 1. The van der Waals surface area contributed by atoms with Crippen molar-refractivity contribution in [3.8, 4) is 5.75 Å². The quantitative estimate of drug-likeness (QED) is 0.642. The van der Waals surface area contributed by atoms with E-state index in [4.69, 9.17) is 4.74 Å². The molecule has 0 aliphatic rings. The van der Waals surface area contributed by atoms with Gasteiger partial charge in [0, 0.05) is 18.2 Å². The van der Waals surface area contributed by atoms with E-state index in [1.165, 1.54) is 25.3 Å². The average molecular weight is 311 g/mol. The molecule has 0 saturated heterocycles. The summed E-state index contributed by atoms with van der Waals surface area (Å²) >= 11 is 0. The highest BCUT2D eigenvalue weighted by molar-refractivity contribution is 6.04. The van der Waals surface area contributed by atoms with Gasteiger partial charge in [0.05, 0.1) is 0 Å². The van der Waals surface area contributed by atoms with Crippen LogP contribution in [0.2, 0.25) is 0 Å². The number of hydrogen-bond donors (Lipinski definition) is 1. The summed E-state index contributed by atoms with van der Waals surface area (Å²) in [7, 11) is 0. The lowest BCUT2D eigenvalue weighted by Gasteiger charge is -2.07. The fraction of sp³-hybridized carbons (Fsp3) is 0.263. The second-order valence-corrected chi connectivity index (χ2v) is 5.37. The summed E-state index contributed by atoms with van der Waals surface area (Å²) in [5, 5.41) is 2.86. The molecule has 0 radical (unpaired) electrons. The van der Waals surface area contributed by atoms with E-state index in [0.717, 1.165) is 12.1 Å². The highest BCUT2D eigenvalue weighted by Crippen LogP contribution is 2.16. The van der Waals surface area contributed by atoms with E-state index in [9.17, 15) is 9.59 Å². The van der Waals surface area contributed by atoms with Crippen molar-refractivity contribution < 1.29 is 14.3 Å². The summed E-state index contributed by atoms with van der Waals surface area (Å²) < 4.78 is 4.94. The van der Waals surface area contributed by atoms with Crippen molar-refractivity contribution in [3.05, 3.63) is 59.7 Å². The molecule has 0 aliphatic carbocycles. The molecule has 2 aromatic carbocycles. The van der Waals surface area contributed by atoms with Crippen LogP contribution in [0.15, 0.2) is 48.5 Å². The van der Waals surface area contributed by atoms with Gasteiger partial charge in [-0.25, -0.2) is 0 Å². The van der Waals surface area contributed by atoms with Crippen LogP contribution in [0.4, 0.5) is 5.69 Å². The molecule has 0 atom stereocenters. The summed E-state index contributed by atoms with van der Waals surface area (Å²) in [5.74, 6) is -0.152. The third kappa shape index (κ3) is 5.25. The number of benzene rings is 2. The van der Waals surface area contributed by atoms with Gasteiger partial charge in [-0.15, -0.1) is 0 Å². The molecule has 0 fully saturated rings. The first kappa shape index (κ1) is 16.7. The van der Waals surface area contributed by atoms with Crippen molar-refractivity contribution in [1.29, 1.82) is 0 Å². The standard InChI is InChI=1S/C19H21NO3/c1-3-4-5-15-6-10-17(11-7-15)20-19(22)16-8-12-18(13-9-16)23-14(2)21/h6-13H,3-5H2,1-2H3,(H,20,22). The fourth-order valence-corrected chi connectivity index (χ4v) is 2.18. The topological polar surface area (TPSA) is 55.4 Å². The van der Waals surface area contributed by atoms with E-state index in [0.29, 0.717) is 11.3 Å². The van der Waals surface area contributed by atoms with E-state index >= 15 is 0 Å². The Kier molecular flexibility index (Phi) is 5.92. The smallest absolute Gasteiger partial charge is 0.308 e. The molecule has 0 spiro atoms. The zero-order valence-electron chi connectivity index (χ0n) is 13.5. The Morgan fingerprint density at radius 1 is 1.00 bits per heavy atom. The SMILES string of the molecule is CCCCc1ccc(NC(=O)c2ccc(OC(C)=O)cc2)cc1. The highest BCUT2D eigenvalue weighted by Gasteiger charge is 2.07. The molecule has 4 heteroatoms. The number of esters is 1. The Morgan fingerprint density at radius 2 is 1.65 bits per heavy atom. The van der Waals surface area contributed by atoms with Crippen molar-refractivity contribution >= 4 is 17.6 Å². The van der Waals surface area contributed by atoms with Gasteiger partial charge >= 0.3 is 5.97 Å². The van der Waals surface area contributed by atoms with Crippen molar-refractivity contribution in [3.63, 3.8) is 0 Å². The van der Waals surface area contributed by atoms with Gasteiger partial charge in [0.25, 0.3) is 5.91 Å². The molecule has 23 heavy (non-hydrogen) atoms. The van der Waals surface area contributed by atoms with Gasteiger partial charge in [-0.3, -0.25) is 9.59 Å². The lowest BCUT2D eigenvalue weighted by molar-refractivity contribution is -0.131. The van der Waals surface area contributed by atoms with Crippen molar-refractivity contribution in [2.75, 3.05) is 5.32 Å². The van der Waals surface area contributed by atoms with E-state index < -0.39 is 0 Å². The van der Waals surface area contributed by atoms with Gasteiger partial charge in [0.1, 0.15) is 5.75 Å². The summed E-state index contributed by atoms with van der Waals surface area (Å²) in [6.07, 6.45) is 3.39. The molecule has 0 heterocycles. The number of carbonyl (C=O) groups excluding carboxylic acids is 2. The molecule has 0 aliphatic heterocycles. The van der Waals surface area contributed by atoms with E-state index in [1.54, 1.807) is 24.3 Å². The number of hydrogen-bond acceptors (Lipinski definition) is 3. The van der Waals surface area contributed by atoms with Crippen LogP contribution < -0.4 is 10.1 Å². The van der Waals surface area contributed by atoms with Crippen LogP contribution >= 0.6 is 0 Å². The summed E-state index contributed by atoms with van der Waals surface area (Å²) in [4.78, 5) is 23.1. The van der Waals surface area contributed by atoms with Gasteiger partial charge in [-0.05, 0) is 54.8 Å². The van der Waals surface area contributed by atoms with Crippen LogP contribution in [-0.4, -0.2) is 11.9 Å². The Morgan fingerprint density at radius 3 is 2.22 bits per heavy atom. The Labute approximate surface area is 136 Å². The molecule has 0 unspecified atom stereocenters. The first-order valence-electron chi connectivity index (χ1n) is 7.77. The fourth-order valence-electron chi connectivity index (χ4n) is 2.18. The minimum atomic E-state index is -0.384. The first-order chi connectivity index (χ1) is 11.1. The van der Waals surface area contributed by atoms with E-state index in [2.05, 4.69) is 12.2 Å². The third-order valence-corrected chi connectivity index (χ3v) is 3.41. The van der Waals surface area contributed by atoms with Crippen molar-refractivity contribution in [2.24, 2.45) is 0 Å². The van der Waals surface area contributed by atoms with Crippen molar-refractivity contribution in [2.45, 2.75) is 33.1 Å². The maximum Gasteiger partial charge on any atom is 0.308 e. The summed E-state index contributed by atoms with van der Waals surface area (Å²) in [5.41, 5.74) is 2.55. The molecule has 2 aromatic rings. The second-order valence-electron chi connectivity index (χ2n) is 5.37. The molecule has 1 amide bonds. The molecular weight excluding hydrogens is 290 g/mol. The number of nitrogens with one attached hydrogen (secondary N) is 1. The van der Waals surface area contributed by atoms with Crippen molar-refractivity contribution in [1.82, 2.24) is 0 Å². The normalized spacial score (nSPS) is 10.2. The van der Waals surface area contributed by atoms with Crippen LogP contribution in [0.3, 0.4) is 0 Å². The molecule has 0 bridgehead atoms. The third-order valence-electron chi connectivity index (χ3n) is 3.41. The van der Waals surface area contributed by atoms with Crippen LogP contribution in [0.5, 0.6) is 5.75 Å². The molecule has 4 nitrogen and oxygen atoms in total. The van der Waals surface area contributed by atoms with E-state index in [1.807, 2.05) is 24.3 Å². The Bertz CT molecular complexity index is 660. The molecule has 1 N–H and O–H groups in total. The van der Waals surface area contributed by atoms with Gasteiger partial charge in [-0.1, -0.05) is 25.5 Å². The average Bonchev–Trinajstić information content (AvgIpc) is 2.54. The van der Waals surface area contributed by atoms with Gasteiger partial charge < -0.3 is 10.1 Å². The van der Waals surface area contributed by atoms with Crippen LogP contribution in [-0.2, 0) is 11.2 Å². The number of rotatable bonds is 6. The first-order valence-corrected chi connectivity index (χ1v) is 7.77. The number of amides is 1. The number of anilines is 1. The zero-order chi connectivity index (χ0) is 16.7. The maximum absolute atomic E-state index is 12.2. The lowest BCUT2D eigenvalue weighted by atomic mass is 10.1. The van der Waals surface area contributed by atoms with Gasteiger partial charge in [0.2, 0.25) is 0 Å². The van der Waals surface area contributed by atoms with Crippen LogP contribution in [0.1, 0.15) is 42.6 Å². The minimum Gasteiger partial charge on any atom is -0.427 e. The molecule has 0 saturated carbocycles. The minimum absolute atomic E-state index is 0.194. The largest absolute Gasteiger partial charge is 0.427 e. The lowest BCUT2D eigenvalue weighted by Crippen LogP contribution is -2.12. The molecule has 120 valence electrons. The van der Waals surface area contributed by atoms with Crippen LogP contribution in [0.25, 0.3) is 0 Å². The van der Waals surface area contributed by atoms with E-state index in [-0.39, 0.29) is 11.9 Å². The van der Waals surface area contributed by atoms with Gasteiger partial charge in [0.15, 0.2) is 0 Å². The molecule has 2 rings (SSSR count). The Balaban J connectivity index is 1.96. The summed E-state index contributed by atoms with van der Waals surface area (Å²) in [6.45, 7) is 3.51. The second kappa shape index (κ2) is 8.13. The maximum atomic E-state index is 12.2. The molecular formula is C19H21NO3. The number of ether oxygens (including phenoxy) is 1. The molecule has 0 aromatic heterocycles. The predicted molar refractivity (Wildman–Crippen MR) is 90.8 cm³/mol. The number of unbranched alkanes of at least 4 members (excludes halogenated alkanes) is 1. The Hall–Kier alpha value is -2.62. The number of carbonyl (C=O) groups is 2.